The van der Waals surface area contributed by atoms with Crippen LogP contribution in [0.15, 0.2) is 57.1 Å². The van der Waals surface area contributed by atoms with Crippen LogP contribution >= 0.6 is 23.1 Å². The minimum absolute atomic E-state index is 0.0849. The smallest absolute Gasteiger partial charge is 0.298 e. The Labute approximate surface area is 176 Å². The number of hydrazine groups is 1. The highest BCUT2D eigenvalue weighted by atomic mass is 32.2. The van der Waals surface area contributed by atoms with E-state index in [1.807, 2.05) is 0 Å². The Morgan fingerprint density at radius 1 is 1.23 bits per heavy atom. The van der Waals surface area contributed by atoms with E-state index in [0.29, 0.717) is 9.24 Å². The second-order valence-corrected chi connectivity index (χ2v) is 8.07. The van der Waals surface area contributed by atoms with Crippen molar-refractivity contribution in [3.8, 4) is 0 Å². The maximum atomic E-state index is 13.0. The summed E-state index contributed by atoms with van der Waals surface area (Å²) in [7, 11) is 0. The molecule has 2 aromatic carbocycles. The topological polar surface area (TPSA) is 97.2 Å². The third-order valence-corrected chi connectivity index (χ3v) is 5.88. The summed E-state index contributed by atoms with van der Waals surface area (Å²) in [5, 5.41) is 13.2. The van der Waals surface area contributed by atoms with E-state index in [9.17, 15) is 28.1 Å². The number of carbonyl (C=O) groups is 1. The number of benzene rings is 2. The monoisotopic (exact) mass is 454 g/mol. The molecule has 1 heterocycles. The third-order valence-electron chi connectivity index (χ3n) is 3.76. The number of nitrogens with one attached hydrogen (secondary N) is 2. The van der Waals surface area contributed by atoms with E-state index in [1.165, 1.54) is 35.6 Å². The SMILES string of the molecule is Cc1csc(Sc2ccc(C(=O)NNc3ccccc3C(F)(F)F)cc2[N+](=O)[O-])n1. The predicted molar refractivity (Wildman–Crippen MR) is 107 cm³/mol. The van der Waals surface area contributed by atoms with Crippen LogP contribution < -0.4 is 10.9 Å². The summed E-state index contributed by atoms with van der Waals surface area (Å²) in [5.74, 6) is -0.822. The molecule has 3 rings (SSSR count). The van der Waals surface area contributed by atoms with Crippen LogP contribution in [0.3, 0.4) is 0 Å². The molecule has 2 N–H and O–H groups in total. The summed E-state index contributed by atoms with van der Waals surface area (Å²) in [4.78, 5) is 27.7. The molecular formula is C18H13F3N4O3S2. The van der Waals surface area contributed by atoms with E-state index >= 15 is 0 Å². The molecule has 0 radical (unpaired) electrons. The minimum atomic E-state index is -4.61. The number of hydrogen-bond acceptors (Lipinski definition) is 7. The number of halogens is 3. The second-order valence-electron chi connectivity index (χ2n) is 5.92. The Morgan fingerprint density at radius 2 is 1.97 bits per heavy atom. The molecule has 0 saturated carbocycles. The Kier molecular flexibility index (Phi) is 6.27. The number of aryl methyl sites for hydroxylation is 1. The molecule has 0 aliphatic carbocycles. The van der Waals surface area contributed by atoms with Gasteiger partial charge in [-0.1, -0.05) is 23.9 Å². The number of amides is 1. The number of rotatable bonds is 6. The zero-order valence-electron chi connectivity index (χ0n) is 15.2. The Hall–Kier alpha value is -3.12. The minimum Gasteiger partial charge on any atom is -0.298 e. The molecule has 0 aliphatic rings. The number of aromatic nitrogens is 1. The van der Waals surface area contributed by atoms with E-state index in [-0.39, 0.29) is 16.9 Å². The second kappa shape index (κ2) is 8.71. The third kappa shape index (κ3) is 5.07. The zero-order valence-corrected chi connectivity index (χ0v) is 16.8. The van der Waals surface area contributed by atoms with Crippen molar-refractivity contribution < 1.29 is 22.9 Å². The first-order chi connectivity index (χ1) is 14.1. The maximum Gasteiger partial charge on any atom is 0.418 e. The number of nitrogens with zero attached hydrogens (tertiary/aromatic N) is 2. The lowest BCUT2D eigenvalue weighted by Crippen LogP contribution is -2.30. The lowest BCUT2D eigenvalue weighted by atomic mass is 10.1. The van der Waals surface area contributed by atoms with E-state index in [0.717, 1.165) is 35.7 Å². The molecule has 0 atom stereocenters. The molecule has 0 unspecified atom stereocenters. The summed E-state index contributed by atoms with van der Waals surface area (Å²) in [6, 6.07) is 8.43. The molecule has 3 aromatic rings. The van der Waals surface area contributed by atoms with Crippen molar-refractivity contribution >= 4 is 40.4 Å². The van der Waals surface area contributed by atoms with Crippen LogP contribution in [0.1, 0.15) is 21.6 Å². The van der Waals surface area contributed by atoms with Crippen molar-refractivity contribution in [1.82, 2.24) is 10.4 Å². The quantitative estimate of drug-likeness (QED) is 0.388. The van der Waals surface area contributed by atoms with Gasteiger partial charge in [0.1, 0.15) is 0 Å². The molecule has 156 valence electrons. The number of alkyl halides is 3. The average molecular weight is 454 g/mol. The molecule has 0 bridgehead atoms. The summed E-state index contributed by atoms with van der Waals surface area (Å²) in [5.41, 5.74) is 3.44. The van der Waals surface area contributed by atoms with Gasteiger partial charge in [0.15, 0.2) is 4.34 Å². The number of anilines is 1. The van der Waals surface area contributed by atoms with Gasteiger partial charge in [-0.2, -0.15) is 13.2 Å². The van der Waals surface area contributed by atoms with Crippen molar-refractivity contribution in [1.29, 1.82) is 0 Å². The standard InChI is InChI=1S/C18H13F3N4O3S2/c1-10-9-29-17(22-10)30-15-7-6-11(8-14(15)25(27)28)16(26)24-23-13-5-3-2-4-12(13)18(19,20)21/h2-9,23H,1H3,(H,24,26). The number of carbonyl (C=O) groups excluding carboxylic acids is 1. The molecule has 1 amide bonds. The predicted octanol–water partition coefficient (Wildman–Crippen LogP) is 5.29. The van der Waals surface area contributed by atoms with Crippen molar-refractivity contribution in [3.05, 3.63) is 74.8 Å². The number of thiazole rings is 1. The largest absolute Gasteiger partial charge is 0.418 e. The van der Waals surface area contributed by atoms with Crippen molar-refractivity contribution in [2.45, 2.75) is 22.3 Å². The fraction of sp³-hybridized carbons (Fsp3) is 0.111. The van der Waals surface area contributed by atoms with Crippen LogP contribution in [0, 0.1) is 17.0 Å². The molecule has 1 aromatic heterocycles. The van der Waals surface area contributed by atoms with Crippen LogP contribution in [0.2, 0.25) is 0 Å². The molecule has 0 saturated heterocycles. The first-order valence-corrected chi connectivity index (χ1v) is 9.96. The Morgan fingerprint density at radius 3 is 2.60 bits per heavy atom. The normalized spacial score (nSPS) is 11.2. The highest BCUT2D eigenvalue weighted by molar-refractivity contribution is 8.01. The first kappa shape index (κ1) is 21.6. The summed E-state index contributed by atoms with van der Waals surface area (Å²) in [6.07, 6.45) is -4.61. The van der Waals surface area contributed by atoms with Crippen LogP contribution in [-0.2, 0) is 6.18 Å². The number of nitro groups is 1. The molecular weight excluding hydrogens is 441 g/mol. The van der Waals surface area contributed by atoms with Crippen molar-refractivity contribution in [2.24, 2.45) is 0 Å². The Balaban J connectivity index is 1.78. The molecule has 0 spiro atoms. The Bertz CT molecular complexity index is 1100. The molecule has 30 heavy (non-hydrogen) atoms. The summed E-state index contributed by atoms with van der Waals surface area (Å²) < 4.78 is 39.7. The van der Waals surface area contributed by atoms with Gasteiger partial charge in [0.25, 0.3) is 11.6 Å². The van der Waals surface area contributed by atoms with Gasteiger partial charge in [-0.3, -0.25) is 25.8 Å². The molecule has 0 fully saturated rings. The highest BCUT2D eigenvalue weighted by Gasteiger charge is 2.33. The van der Waals surface area contributed by atoms with Gasteiger partial charge >= 0.3 is 6.18 Å². The van der Waals surface area contributed by atoms with E-state index in [4.69, 9.17) is 0 Å². The lowest BCUT2D eigenvalue weighted by molar-refractivity contribution is -0.387. The zero-order chi connectivity index (χ0) is 21.9. The maximum absolute atomic E-state index is 13.0. The fourth-order valence-corrected chi connectivity index (χ4v) is 4.28. The van der Waals surface area contributed by atoms with Gasteiger partial charge in [0, 0.05) is 22.7 Å². The van der Waals surface area contributed by atoms with Crippen molar-refractivity contribution in [2.75, 3.05) is 5.43 Å². The highest BCUT2D eigenvalue weighted by Crippen LogP contribution is 2.37. The van der Waals surface area contributed by atoms with Crippen LogP contribution in [0.25, 0.3) is 0 Å². The van der Waals surface area contributed by atoms with Crippen LogP contribution in [-0.4, -0.2) is 15.8 Å². The molecule has 0 aliphatic heterocycles. The van der Waals surface area contributed by atoms with Gasteiger partial charge in [-0.05, 0) is 31.2 Å². The average Bonchev–Trinajstić information content (AvgIpc) is 3.10. The van der Waals surface area contributed by atoms with Crippen LogP contribution in [0.4, 0.5) is 24.5 Å². The summed E-state index contributed by atoms with van der Waals surface area (Å²) in [6.45, 7) is 1.80. The van der Waals surface area contributed by atoms with Crippen molar-refractivity contribution in [3.63, 3.8) is 0 Å². The van der Waals surface area contributed by atoms with Gasteiger partial charge in [0.2, 0.25) is 0 Å². The number of hydrogen-bond donors (Lipinski definition) is 2. The molecule has 12 heteroatoms. The first-order valence-electron chi connectivity index (χ1n) is 8.26. The van der Waals surface area contributed by atoms with Crippen LogP contribution in [0.5, 0.6) is 0 Å². The van der Waals surface area contributed by atoms with E-state index in [2.05, 4.69) is 15.8 Å². The van der Waals surface area contributed by atoms with Gasteiger partial charge < -0.3 is 0 Å². The van der Waals surface area contributed by atoms with Gasteiger partial charge in [-0.25, -0.2) is 4.98 Å². The number of para-hydroxylation sites is 1. The lowest BCUT2D eigenvalue weighted by Gasteiger charge is -2.15. The van der Waals surface area contributed by atoms with Gasteiger partial charge in [0.05, 0.1) is 21.1 Å². The number of nitro benzene ring substituents is 1. The summed E-state index contributed by atoms with van der Waals surface area (Å²) >= 11 is 2.42. The van der Waals surface area contributed by atoms with E-state index in [1.54, 1.807) is 12.3 Å². The van der Waals surface area contributed by atoms with Gasteiger partial charge in [-0.15, -0.1) is 11.3 Å². The van der Waals surface area contributed by atoms with E-state index < -0.39 is 22.6 Å². The molecule has 7 nitrogen and oxygen atoms in total. The fourth-order valence-electron chi connectivity index (χ4n) is 2.40.